The molecule has 2 rings (SSSR count). The topological polar surface area (TPSA) is 122 Å². The van der Waals surface area contributed by atoms with Gasteiger partial charge in [0.15, 0.2) is 0 Å². The molecular weight excluding hydrogens is 558 g/mol. The molecule has 44 heavy (non-hydrogen) atoms. The molecule has 10 nitrogen and oxygen atoms in total. The van der Waals surface area contributed by atoms with Gasteiger partial charge < -0.3 is 25.5 Å². The van der Waals surface area contributed by atoms with Crippen molar-refractivity contribution in [1.82, 2.24) is 25.3 Å². The summed E-state index contributed by atoms with van der Waals surface area (Å²) in [7, 11) is 1.74. The molecule has 2 fully saturated rings. The number of carbonyl (C=O) groups is 4. The van der Waals surface area contributed by atoms with Gasteiger partial charge in [-0.05, 0) is 70.3 Å². The van der Waals surface area contributed by atoms with Gasteiger partial charge >= 0.3 is 0 Å². The quantitative estimate of drug-likeness (QED) is 0.288. The lowest BCUT2D eigenvalue weighted by molar-refractivity contribution is -0.142. The molecule has 0 spiro atoms. The first-order chi connectivity index (χ1) is 20.4. The van der Waals surface area contributed by atoms with E-state index in [1.807, 2.05) is 54.5 Å². The van der Waals surface area contributed by atoms with Gasteiger partial charge in [-0.1, -0.05) is 61.0 Å². The summed E-state index contributed by atoms with van der Waals surface area (Å²) >= 11 is 0. The van der Waals surface area contributed by atoms with Crippen LogP contribution in [-0.4, -0.2) is 106 Å². The summed E-state index contributed by atoms with van der Waals surface area (Å²) in [6.45, 7) is 20.9. The molecular formula is C34H61N5O5. The average molecular weight is 620 g/mol. The molecule has 0 saturated carbocycles. The number of hydrogen-bond acceptors (Lipinski definition) is 6. The van der Waals surface area contributed by atoms with Crippen LogP contribution in [0.2, 0.25) is 0 Å². The van der Waals surface area contributed by atoms with Crippen molar-refractivity contribution in [2.24, 2.45) is 17.3 Å². The number of likely N-dealkylation sites (tertiary alicyclic amines) is 2. The molecule has 0 aromatic heterocycles. The highest BCUT2D eigenvalue weighted by molar-refractivity contribution is 5.97. The number of likely N-dealkylation sites (N-methyl/N-ethyl adjacent to an activating group) is 1. The Bertz CT molecular complexity index is 1030. The zero-order valence-electron chi connectivity index (χ0n) is 29.3. The van der Waals surface area contributed by atoms with Gasteiger partial charge in [-0.25, -0.2) is 0 Å². The minimum absolute atomic E-state index is 0.00757. The Hall–Kier alpha value is -2.46. The summed E-state index contributed by atoms with van der Waals surface area (Å²) in [5.74, 6) is -0.730. The van der Waals surface area contributed by atoms with Crippen LogP contribution < -0.4 is 10.6 Å². The summed E-state index contributed by atoms with van der Waals surface area (Å²) in [4.78, 5) is 59.9. The fourth-order valence-corrected chi connectivity index (χ4v) is 6.38. The Morgan fingerprint density at radius 2 is 1.48 bits per heavy atom. The minimum Gasteiger partial charge on any atom is -0.394 e. The van der Waals surface area contributed by atoms with Crippen LogP contribution in [0.4, 0.5) is 0 Å². The van der Waals surface area contributed by atoms with E-state index in [-0.39, 0.29) is 60.2 Å². The molecule has 0 bridgehead atoms. The molecule has 2 aliphatic heterocycles. The van der Waals surface area contributed by atoms with Crippen LogP contribution in [0.5, 0.6) is 0 Å². The van der Waals surface area contributed by atoms with Crippen LogP contribution in [0.25, 0.3) is 0 Å². The monoisotopic (exact) mass is 619 g/mol. The number of rotatable bonds is 12. The van der Waals surface area contributed by atoms with Gasteiger partial charge in [0, 0.05) is 25.2 Å². The van der Waals surface area contributed by atoms with E-state index in [2.05, 4.69) is 29.4 Å². The van der Waals surface area contributed by atoms with Gasteiger partial charge in [0.1, 0.15) is 12.1 Å². The van der Waals surface area contributed by atoms with Gasteiger partial charge in [-0.2, -0.15) is 0 Å². The zero-order valence-corrected chi connectivity index (χ0v) is 29.3. The van der Waals surface area contributed by atoms with Gasteiger partial charge in [-0.3, -0.25) is 24.1 Å². The molecule has 252 valence electrons. The highest BCUT2D eigenvalue weighted by Crippen LogP contribution is 2.27. The average Bonchev–Trinajstić information content (AvgIpc) is 3.45. The summed E-state index contributed by atoms with van der Waals surface area (Å²) in [5, 5.41) is 15.7. The van der Waals surface area contributed by atoms with E-state index < -0.39 is 23.5 Å². The fraction of sp³-hybridized carbons (Fsp3) is 0.824. The Morgan fingerprint density at radius 3 is 2.00 bits per heavy atom. The molecule has 0 aromatic rings. The van der Waals surface area contributed by atoms with Crippen LogP contribution in [0.3, 0.4) is 0 Å². The molecule has 5 atom stereocenters. The van der Waals surface area contributed by atoms with Crippen molar-refractivity contribution in [2.45, 2.75) is 138 Å². The van der Waals surface area contributed by atoms with Crippen molar-refractivity contribution in [3.8, 4) is 0 Å². The molecule has 2 heterocycles. The maximum atomic E-state index is 14.1. The first kappa shape index (κ1) is 37.7. The van der Waals surface area contributed by atoms with Crippen molar-refractivity contribution >= 4 is 23.6 Å². The fourth-order valence-electron chi connectivity index (χ4n) is 6.38. The van der Waals surface area contributed by atoms with Gasteiger partial charge in [0.05, 0.1) is 24.7 Å². The van der Waals surface area contributed by atoms with Crippen molar-refractivity contribution in [1.29, 1.82) is 0 Å². The van der Waals surface area contributed by atoms with E-state index in [0.29, 0.717) is 18.5 Å². The molecule has 1 unspecified atom stereocenters. The Morgan fingerprint density at radius 1 is 0.886 bits per heavy atom. The molecule has 2 saturated heterocycles. The predicted octanol–water partition coefficient (Wildman–Crippen LogP) is 3.33. The molecule has 10 heteroatoms. The second kappa shape index (κ2) is 16.2. The summed E-state index contributed by atoms with van der Waals surface area (Å²) in [6.07, 6.45) is 5.94. The molecule has 0 aromatic carbocycles. The minimum atomic E-state index is -0.742. The lowest BCUT2D eigenvalue weighted by Gasteiger charge is -2.41. The summed E-state index contributed by atoms with van der Waals surface area (Å²) in [5.41, 5.74) is -0.0655. The van der Waals surface area contributed by atoms with Crippen LogP contribution in [0.1, 0.15) is 101 Å². The number of amides is 4. The smallest absolute Gasteiger partial charge is 0.249 e. The third-order valence-corrected chi connectivity index (χ3v) is 9.29. The van der Waals surface area contributed by atoms with E-state index in [0.717, 1.165) is 32.2 Å². The van der Waals surface area contributed by atoms with E-state index in [1.165, 1.54) is 0 Å². The molecule has 2 aliphatic rings. The normalized spacial score (nSPS) is 22.2. The second-order valence-electron chi connectivity index (χ2n) is 14.9. The van der Waals surface area contributed by atoms with E-state index in [9.17, 15) is 24.3 Å². The first-order valence-electron chi connectivity index (χ1n) is 16.7. The standard InChI is InChI=1S/C34H61N5O5/c1-21(2)25(20-40)35-30(41)27-16-14-18-39(27)32(43)24(7)19-28(22(3)4)37(11)33(44)29(34(8,9)10)36-31(42)26-15-12-13-17-38(26)23(5)6/h19,21-23,25-29,40H,12-18,20H2,1-11H3,(H,35,41)(H,36,42)/b24-19+/t25?,26-,27+,28-,29-/m1/s1. The molecule has 0 aliphatic carbocycles. The summed E-state index contributed by atoms with van der Waals surface area (Å²) in [6, 6.07) is -2.13. The SMILES string of the molecule is C/C(=C\[C@H](C(C)C)N(C)C(=O)[C@@H](NC(=O)[C@H]1CCCCN1C(C)C)C(C)(C)C)C(=O)N1CCC[C@H]1C(=O)NC(CO)C(C)C. The lowest BCUT2D eigenvalue weighted by atomic mass is 9.84. The molecule has 0 radical (unpaired) electrons. The Labute approximate surface area is 266 Å². The van der Waals surface area contributed by atoms with Crippen molar-refractivity contribution in [3.05, 3.63) is 11.6 Å². The highest BCUT2D eigenvalue weighted by atomic mass is 16.3. The van der Waals surface area contributed by atoms with Gasteiger partial charge in [0.25, 0.3) is 0 Å². The Kier molecular flexibility index (Phi) is 13.9. The van der Waals surface area contributed by atoms with Gasteiger partial charge in [0.2, 0.25) is 23.6 Å². The maximum absolute atomic E-state index is 14.1. The third kappa shape index (κ3) is 9.52. The van der Waals surface area contributed by atoms with E-state index in [1.54, 1.807) is 23.8 Å². The highest BCUT2D eigenvalue weighted by Gasteiger charge is 2.40. The van der Waals surface area contributed by atoms with Crippen LogP contribution in [-0.2, 0) is 19.2 Å². The number of carbonyl (C=O) groups excluding carboxylic acids is 4. The lowest BCUT2D eigenvalue weighted by Crippen LogP contribution is -2.60. The second-order valence-corrected chi connectivity index (χ2v) is 14.9. The van der Waals surface area contributed by atoms with Crippen LogP contribution in [0, 0.1) is 17.3 Å². The first-order valence-corrected chi connectivity index (χ1v) is 16.7. The number of aliphatic hydroxyl groups excluding tert-OH is 1. The van der Waals surface area contributed by atoms with Crippen molar-refractivity contribution in [3.63, 3.8) is 0 Å². The molecule has 4 amide bonds. The van der Waals surface area contributed by atoms with E-state index in [4.69, 9.17) is 0 Å². The zero-order chi connectivity index (χ0) is 33.5. The third-order valence-electron chi connectivity index (χ3n) is 9.29. The largest absolute Gasteiger partial charge is 0.394 e. The molecule has 3 N–H and O–H groups in total. The van der Waals surface area contributed by atoms with Crippen molar-refractivity contribution < 1.29 is 24.3 Å². The van der Waals surface area contributed by atoms with Gasteiger partial charge in [-0.15, -0.1) is 0 Å². The maximum Gasteiger partial charge on any atom is 0.249 e. The number of nitrogens with zero attached hydrogens (tertiary/aromatic N) is 3. The number of aliphatic hydroxyl groups is 1. The number of piperidine rings is 1. The van der Waals surface area contributed by atoms with Crippen LogP contribution >= 0.6 is 0 Å². The Balaban J connectivity index is 2.26. The number of nitrogens with one attached hydrogen (secondary N) is 2. The summed E-state index contributed by atoms with van der Waals surface area (Å²) < 4.78 is 0. The predicted molar refractivity (Wildman–Crippen MR) is 175 cm³/mol. The van der Waals surface area contributed by atoms with Crippen LogP contribution in [0.15, 0.2) is 11.6 Å². The van der Waals surface area contributed by atoms with E-state index >= 15 is 0 Å². The number of hydrogen-bond donors (Lipinski definition) is 3. The van der Waals surface area contributed by atoms with Crippen molar-refractivity contribution in [2.75, 3.05) is 26.7 Å².